The van der Waals surface area contributed by atoms with Crippen molar-refractivity contribution in [3.63, 3.8) is 0 Å². The van der Waals surface area contributed by atoms with Gasteiger partial charge < -0.3 is 9.64 Å². The van der Waals surface area contributed by atoms with Gasteiger partial charge in [0.15, 0.2) is 9.84 Å². The number of hydrogen-bond donors (Lipinski definition) is 0. The molecule has 1 saturated heterocycles. The summed E-state index contributed by atoms with van der Waals surface area (Å²) >= 11 is 0. The van der Waals surface area contributed by atoms with Crippen LogP contribution < -0.4 is 0 Å². The van der Waals surface area contributed by atoms with E-state index >= 15 is 0 Å². The van der Waals surface area contributed by atoms with Crippen molar-refractivity contribution in [3.8, 4) is 0 Å². The van der Waals surface area contributed by atoms with Crippen LogP contribution in [0, 0.1) is 5.92 Å². The van der Waals surface area contributed by atoms with Crippen LogP contribution in [0.4, 0.5) is 0 Å². The van der Waals surface area contributed by atoms with E-state index in [2.05, 4.69) is 0 Å². The first kappa shape index (κ1) is 17.7. The number of rotatable bonds is 8. The van der Waals surface area contributed by atoms with Crippen molar-refractivity contribution in [1.82, 2.24) is 4.90 Å². The Kier molecular flexibility index (Phi) is 6.68. The third-order valence-electron chi connectivity index (χ3n) is 4.96. The van der Waals surface area contributed by atoms with Crippen LogP contribution in [0.1, 0.15) is 51.4 Å². The summed E-state index contributed by atoms with van der Waals surface area (Å²) in [6.45, 7) is 1.21. The molecule has 6 heteroatoms. The van der Waals surface area contributed by atoms with E-state index in [0.717, 1.165) is 12.8 Å². The molecule has 0 aromatic rings. The standard InChI is InChI=1S/C16H29NO4S/c1-21-11-4-10-17(15-9-12-22(19,20)13-15)16(18)8-7-14-5-2-3-6-14/h14-15H,2-13H2,1H3/t15-/m1/s1. The van der Waals surface area contributed by atoms with E-state index in [0.29, 0.717) is 31.9 Å². The van der Waals surface area contributed by atoms with Crippen LogP contribution in [0.3, 0.4) is 0 Å². The Bertz CT molecular complexity index is 457. The minimum atomic E-state index is -2.96. The predicted molar refractivity (Wildman–Crippen MR) is 86.5 cm³/mol. The number of hydrogen-bond acceptors (Lipinski definition) is 4. The Hall–Kier alpha value is -0.620. The third-order valence-corrected chi connectivity index (χ3v) is 6.71. The topological polar surface area (TPSA) is 63.7 Å². The highest BCUT2D eigenvalue weighted by Crippen LogP contribution is 2.29. The van der Waals surface area contributed by atoms with Gasteiger partial charge in [-0.3, -0.25) is 4.79 Å². The van der Waals surface area contributed by atoms with Gasteiger partial charge in [-0.2, -0.15) is 0 Å². The Morgan fingerprint density at radius 3 is 2.55 bits per heavy atom. The second-order valence-corrected chi connectivity index (χ2v) is 8.91. The molecule has 0 N–H and O–H groups in total. The fourth-order valence-electron chi connectivity index (χ4n) is 3.68. The van der Waals surface area contributed by atoms with E-state index in [9.17, 15) is 13.2 Å². The van der Waals surface area contributed by atoms with Crippen LogP contribution in [0.2, 0.25) is 0 Å². The quantitative estimate of drug-likeness (QED) is 0.638. The molecule has 2 fully saturated rings. The molecular formula is C16H29NO4S. The monoisotopic (exact) mass is 331 g/mol. The van der Waals surface area contributed by atoms with Crippen molar-refractivity contribution < 1.29 is 17.9 Å². The minimum absolute atomic E-state index is 0.127. The van der Waals surface area contributed by atoms with Gasteiger partial charge >= 0.3 is 0 Å². The molecule has 1 aliphatic carbocycles. The summed E-state index contributed by atoms with van der Waals surface area (Å²) in [5.41, 5.74) is 0. The predicted octanol–water partition coefficient (Wildman–Crippen LogP) is 2.01. The van der Waals surface area contributed by atoms with Gasteiger partial charge in [0.2, 0.25) is 5.91 Å². The smallest absolute Gasteiger partial charge is 0.222 e. The van der Waals surface area contributed by atoms with Crippen LogP contribution >= 0.6 is 0 Å². The summed E-state index contributed by atoms with van der Waals surface area (Å²) in [6, 6.07) is -0.127. The maximum absolute atomic E-state index is 12.6. The zero-order chi connectivity index (χ0) is 16.0. The van der Waals surface area contributed by atoms with E-state index in [1.807, 2.05) is 4.90 Å². The molecule has 0 spiro atoms. The first-order chi connectivity index (χ1) is 10.5. The normalized spacial score (nSPS) is 24.7. The Morgan fingerprint density at radius 2 is 1.95 bits per heavy atom. The second-order valence-electron chi connectivity index (χ2n) is 6.68. The average Bonchev–Trinajstić information content (AvgIpc) is 3.10. The number of nitrogens with zero attached hydrogens (tertiary/aromatic N) is 1. The van der Waals surface area contributed by atoms with E-state index < -0.39 is 9.84 Å². The van der Waals surface area contributed by atoms with Gasteiger partial charge in [-0.1, -0.05) is 25.7 Å². The number of methoxy groups -OCH3 is 1. The molecule has 1 amide bonds. The highest BCUT2D eigenvalue weighted by Gasteiger charge is 2.34. The van der Waals surface area contributed by atoms with Gasteiger partial charge in [0.25, 0.3) is 0 Å². The van der Waals surface area contributed by atoms with Crippen molar-refractivity contribution >= 4 is 15.7 Å². The zero-order valence-corrected chi connectivity index (χ0v) is 14.4. The molecule has 0 aromatic heterocycles. The largest absolute Gasteiger partial charge is 0.385 e. The number of sulfone groups is 1. The molecule has 2 aliphatic rings. The molecule has 128 valence electrons. The van der Waals surface area contributed by atoms with Gasteiger partial charge in [0, 0.05) is 32.7 Å². The molecule has 0 unspecified atom stereocenters. The van der Waals surface area contributed by atoms with Crippen molar-refractivity contribution in [1.29, 1.82) is 0 Å². The lowest BCUT2D eigenvalue weighted by Crippen LogP contribution is -2.42. The van der Waals surface area contributed by atoms with Crippen molar-refractivity contribution in [3.05, 3.63) is 0 Å². The van der Waals surface area contributed by atoms with Gasteiger partial charge in [-0.15, -0.1) is 0 Å². The molecule has 1 heterocycles. The third kappa shape index (κ3) is 5.23. The fraction of sp³-hybridized carbons (Fsp3) is 0.938. The molecule has 0 aromatic carbocycles. The summed E-state index contributed by atoms with van der Waals surface area (Å²) in [4.78, 5) is 14.4. The maximum atomic E-state index is 12.6. The molecule has 2 rings (SSSR count). The Morgan fingerprint density at radius 1 is 1.23 bits per heavy atom. The first-order valence-electron chi connectivity index (χ1n) is 8.50. The Balaban J connectivity index is 1.89. The lowest BCUT2D eigenvalue weighted by Gasteiger charge is -2.29. The summed E-state index contributed by atoms with van der Waals surface area (Å²) in [5, 5.41) is 0. The van der Waals surface area contributed by atoms with Crippen molar-refractivity contribution in [2.24, 2.45) is 5.92 Å². The van der Waals surface area contributed by atoms with Gasteiger partial charge in [0.05, 0.1) is 11.5 Å². The van der Waals surface area contributed by atoms with Gasteiger partial charge in [-0.25, -0.2) is 8.42 Å². The number of ether oxygens (including phenoxy) is 1. The zero-order valence-electron chi connectivity index (χ0n) is 13.6. The Labute approximate surface area is 134 Å². The highest BCUT2D eigenvalue weighted by molar-refractivity contribution is 7.91. The van der Waals surface area contributed by atoms with Crippen molar-refractivity contribution in [2.45, 2.75) is 57.4 Å². The van der Waals surface area contributed by atoms with Crippen LogP contribution in [-0.2, 0) is 19.4 Å². The lowest BCUT2D eigenvalue weighted by atomic mass is 10.0. The lowest BCUT2D eigenvalue weighted by molar-refractivity contribution is -0.133. The molecule has 0 radical (unpaired) electrons. The molecule has 1 saturated carbocycles. The number of amides is 1. The minimum Gasteiger partial charge on any atom is -0.385 e. The first-order valence-corrected chi connectivity index (χ1v) is 10.3. The van der Waals surface area contributed by atoms with Crippen molar-refractivity contribution in [2.75, 3.05) is 31.8 Å². The maximum Gasteiger partial charge on any atom is 0.222 e. The molecule has 22 heavy (non-hydrogen) atoms. The molecule has 0 bridgehead atoms. The molecule has 1 atom stereocenters. The number of carbonyl (C=O) groups is 1. The fourth-order valence-corrected chi connectivity index (χ4v) is 5.41. The summed E-state index contributed by atoms with van der Waals surface area (Å²) < 4.78 is 28.5. The summed E-state index contributed by atoms with van der Waals surface area (Å²) in [5.74, 6) is 1.17. The van der Waals surface area contributed by atoms with E-state index in [1.165, 1.54) is 25.7 Å². The van der Waals surface area contributed by atoms with Crippen LogP contribution in [0.25, 0.3) is 0 Å². The van der Waals surface area contributed by atoms with Gasteiger partial charge in [-0.05, 0) is 25.2 Å². The molecular weight excluding hydrogens is 302 g/mol. The van der Waals surface area contributed by atoms with Gasteiger partial charge in [0.1, 0.15) is 0 Å². The van der Waals surface area contributed by atoms with Crippen LogP contribution in [-0.4, -0.2) is 57.0 Å². The molecule has 5 nitrogen and oxygen atoms in total. The van der Waals surface area contributed by atoms with Crippen LogP contribution in [0.5, 0.6) is 0 Å². The number of carbonyl (C=O) groups excluding carboxylic acids is 1. The van der Waals surface area contributed by atoms with E-state index in [1.54, 1.807) is 7.11 Å². The van der Waals surface area contributed by atoms with E-state index in [4.69, 9.17) is 4.74 Å². The SMILES string of the molecule is COCCCN(C(=O)CCC1CCCC1)[C@@H]1CCS(=O)(=O)C1. The van der Waals surface area contributed by atoms with E-state index in [-0.39, 0.29) is 23.5 Å². The average molecular weight is 331 g/mol. The van der Waals surface area contributed by atoms with Crippen LogP contribution in [0.15, 0.2) is 0 Å². The second kappa shape index (κ2) is 8.29. The molecule has 1 aliphatic heterocycles. The summed E-state index contributed by atoms with van der Waals surface area (Å²) in [7, 11) is -1.32. The summed E-state index contributed by atoms with van der Waals surface area (Å²) in [6.07, 6.45) is 7.94. The highest BCUT2D eigenvalue weighted by atomic mass is 32.2.